The number of aryl methyl sites for hydroxylation is 1. The topological polar surface area (TPSA) is 47.0 Å². The molecule has 1 heterocycles. The van der Waals surface area contributed by atoms with Gasteiger partial charge in [0.15, 0.2) is 0 Å². The standard InChI is InChI=1S/C14H23N3O/c1-11-12(9-15-2)10-16-14(17-11)18-13-7-5-3-4-6-8-13/h10,13,15H,3-9H2,1-2H3. The normalized spacial score (nSPS) is 17.4. The van der Waals surface area contributed by atoms with Crippen molar-refractivity contribution in [3.8, 4) is 6.01 Å². The molecular formula is C14H23N3O. The van der Waals surface area contributed by atoms with Crippen LogP contribution in [0, 0.1) is 6.92 Å². The van der Waals surface area contributed by atoms with Crippen LogP contribution in [-0.4, -0.2) is 23.1 Å². The van der Waals surface area contributed by atoms with Crippen LogP contribution < -0.4 is 10.1 Å². The molecule has 2 rings (SSSR count). The SMILES string of the molecule is CNCc1cnc(OC2CCCCCC2)nc1C. The summed E-state index contributed by atoms with van der Waals surface area (Å²) in [6.45, 7) is 2.81. The molecule has 0 bridgehead atoms. The number of aromatic nitrogens is 2. The smallest absolute Gasteiger partial charge is 0.316 e. The summed E-state index contributed by atoms with van der Waals surface area (Å²) >= 11 is 0. The highest BCUT2D eigenvalue weighted by molar-refractivity contribution is 5.17. The van der Waals surface area contributed by atoms with Crippen molar-refractivity contribution in [2.45, 2.75) is 58.1 Å². The summed E-state index contributed by atoms with van der Waals surface area (Å²) < 4.78 is 5.91. The molecule has 4 heteroatoms. The molecule has 0 aliphatic heterocycles. The van der Waals surface area contributed by atoms with Gasteiger partial charge in [0.2, 0.25) is 0 Å². The maximum absolute atomic E-state index is 5.91. The van der Waals surface area contributed by atoms with Crippen molar-refractivity contribution in [1.29, 1.82) is 0 Å². The van der Waals surface area contributed by atoms with Crippen molar-refractivity contribution < 1.29 is 4.74 Å². The lowest BCUT2D eigenvalue weighted by Crippen LogP contribution is -2.17. The zero-order valence-electron chi connectivity index (χ0n) is 11.4. The summed E-state index contributed by atoms with van der Waals surface area (Å²) in [6, 6.07) is 0.541. The fourth-order valence-electron chi connectivity index (χ4n) is 2.40. The highest BCUT2D eigenvalue weighted by atomic mass is 16.5. The van der Waals surface area contributed by atoms with Crippen LogP contribution in [0.5, 0.6) is 6.01 Å². The van der Waals surface area contributed by atoms with Gasteiger partial charge in [0.05, 0.1) is 0 Å². The average molecular weight is 249 g/mol. The van der Waals surface area contributed by atoms with Gasteiger partial charge in [-0.05, 0) is 39.7 Å². The Bertz CT molecular complexity index is 373. The quantitative estimate of drug-likeness (QED) is 0.833. The van der Waals surface area contributed by atoms with Crippen molar-refractivity contribution >= 4 is 0 Å². The van der Waals surface area contributed by atoms with Gasteiger partial charge in [0, 0.05) is 24.0 Å². The second-order valence-electron chi connectivity index (χ2n) is 5.02. The molecule has 0 radical (unpaired) electrons. The number of nitrogens with zero attached hydrogens (tertiary/aromatic N) is 2. The van der Waals surface area contributed by atoms with Gasteiger partial charge < -0.3 is 10.1 Å². The van der Waals surface area contributed by atoms with Gasteiger partial charge in [-0.15, -0.1) is 0 Å². The van der Waals surface area contributed by atoms with Crippen molar-refractivity contribution in [1.82, 2.24) is 15.3 Å². The number of nitrogens with one attached hydrogen (secondary N) is 1. The van der Waals surface area contributed by atoms with Crippen LogP contribution in [0.4, 0.5) is 0 Å². The van der Waals surface area contributed by atoms with Gasteiger partial charge in [-0.25, -0.2) is 9.97 Å². The van der Waals surface area contributed by atoms with Crippen molar-refractivity contribution in [3.63, 3.8) is 0 Å². The first kappa shape index (κ1) is 13.3. The maximum Gasteiger partial charge on any atom is 0.316 e. The third-order valence-corrected chi connectivity index (χ3v) is 3.50. The van der Waals surface area contributed by atoms with E-state index in [0.717, 1.165) is 30.6 Å². The Morgan fingerprint density at radius 2 is 2.00 bits per heavy atom. The van der Waals surface area contributed by atoms with Crippen LogP contribution in [0.25, 0.3) is 0 Å². The first-order valence-corrected chi connectivity index (χ1v) is 6.93. The molecule has 1 aliphatic carbocycles. The molecule has 1 fully saturated rings. The molecule has 0 spiro atoms. The lowest BCUT2D eigenvalue weighted by atomic mass is 10.1. The molecular weight excluding hydrogens is 226 g/mol. The molecule has 0 aromatic carbocycles. The number of ether oxygens (including phenoxy) is 1. The van der Waals surface area contributed by atoms with Crippen LogP contribution in [0.3, 0.4) is 0 Å². The Balaban J connectivity index is 1.98. The van der Waals surface area contributed by atoms with Crippen LogP contribution in [0.1, 0.15) is 49.8 Å². The van der Waals surface area contributed by atoms with Crippen molar-refractivity contribution in [2.24, 2.45) is 0 Å². The molecule has 1 N–H and O–H groups in total. The van der Waals surface area contributed by atoms with E-state index in [2.05, 4.69) is 15.3 Å². The van der Waals surface area contributed by atoms with Gasteiger partial charge in [0.1, 0.15) is 6.10 Å². The predicted molar refractivity (Wildman–Crippen MR) is 71.7 cm³/mol. The van der Waals surface area contributed by atoms with E-state index in [0.29, 0.717) is 12.1 Å². The van der Waals surface area contributed by atoms with E-state index >= 15 is 0 Å². The minimum Gasteiger partial charge on any atom is -0.460 e. The van der Waals surface area contributed by atoms with E-state index in [4.69, 9.17) is 4.74 Å². The predicted octanol–water partition coefficient (Wildman–Crippen LogP) is 2.61. The zero-order valence-corrected chi connectivity index (χ0v) is 11.4. The Hall–Kier alpha value is -1.16. The van der Waals surface area contributed by atoms with E-state index in [1.165, 1.54) is 25.7 Å². The molecule has 1 saturated carbocycles. The summed E-state index contributed by atoms with van der Waals surface area (Å²) in [5.41, 5.74) is 2.13. The zero-order chi connectivity index (χ0) is 12.8. The summed E-state index contributed by atoms with van der Waals surface area (Å²) in [5, 5.41) is 3.11. The minimum atomic E-state index is 0.307. The third kappa shape index (κ3) is 3.67. The molecule has 0 amide bonds. The fraction of sp³-hybridized carbons (Fsp3) is 0.714. The first-order chi connectivity index (χ1) is 8.79. The summed E-state index contributed by atoms with van der Waals surface area (Å²) in [4.78, 5) is 8.75. The summed E-state index contributed by atoms with van der Waals surface area (Å²) in [6.07, 6.45) is 9.65. The highest BCUT2D eigenvalue weighted by Crippen LogP contribution is 2.21. The lowest BCUT2D eigenvalue weighted by molar-refractivity contribution is 0.167. The fourth-order valence-corrected chi connectivity index (χ4v) is 2.40. The molecule has 100 valence electrons. The van der Waals surface area contributed by atoms with Crippen LogP contribution in [0.15, 0.2) is 6.20 Å². The molecule has 4 nitrogen and oxygen atoms in total. The Kier molecular flexibility index (Phi) is 4.93. The van der Waals surface area contributed by atoms with E-state index < -0.39 is 0 Å². The first-order valence-electron chi connectivity index (χ1n) is 6.93. The lowest BCUT2D eigenvalue weighted by Gasteiger charge is -2.16. The second kappa shape index (κ2) is 6.69. The van der Waals surface area contributed by atoms with Gasteiger partial charge >= 0.3 is 6.01 Å². The largest absolute Gasteiger partial charge is 0.460 e. The van der Waals surface area contributed by atoms with Crippen LogP contribution in [0.2, 0.25) is 0 Å². The van der Waals surface area contributed by atoms with Gasteiger partial charge in [0.25, 0.3) is 0 Å². The van der Waals surface area contributed by atoms with Gasteiger partial charge in [-0.1, -0.05) is 12.8 Å². The van der Waals surface area contributed by atoms with Crippen molar-refractivity contribution in [2.75, 3.05) is 7.05 Å². The molecule has 0 unspecified atom stereocenters. The number of hydrogen-bond acceptors (Lipinski definition) is 4. The molecule has 1 aliphatic rings. The van der Waals surface area contributed by atoms with Gasteiger partial charge in [-0.2, -0.15) is 0 Å². The molecule has 1 aromatic rings. The van der Waals surface area contributed by atoms with Crippen LogP contribution >= 0.6 is 0 Å². The Morgan fingerprint density at radius 3 is 2.61 bits per heavy atom. The molecule has 0 atom stereocenters. The van der Waals surface area contributed by atoms with E-state index in [-0.39, 0.29) is 0 Å². The summed E-state index contributed by atoms with van der Waals surface area (Å²) in [5.74, 6) is 0. The molecule has 1 aromatic heterocycles. The monoisotopic (exact) mass is 249 g/mol. The number of rotatable bonds is 4. The van der Waals surface area contributed by atoms with Crippen LogP contribution in [-0.2, 0) is 6.54 Å². The highest BCUT2D eigenvalue weighted by Gasteiger charge is 2.15. The third-order valence-electron chi connectivity index (χ3n) is 3.50. The summed E-state index contributed by atoms with van der Waals surface area (Å²) in [7, 11) is 1.93. The Morgan fingerprint density at radius 1 is 1.28 bits per heavy atom. The minimum absolute atomic E-state index is 0.307. The maximum atomic E-state index is 5.91. The van der Waals surface area contributed by atoms with E-state index in [1.807, 2.05) is 20.2 Å². The van der Waals surface area contributed by atoms with E-state index in [1.54, 1.807) is 0 Å². The molecule has 18 heavy (non-hydrogen) atoms. The average Bonchev–Trinajstić information content (AvgIpc) is 2.61. The molecule has 0 saturated heterocycles. The van der Waals surface area contributed by atoms with Crippen molar-refractivity contribution in [3.05, 3.63) is 17.5 Å². The van der Waals surface area contributed by atoms with E-state index in [9.17, 15) is 0 Å². The van der Waals surface area contributed by atoms with Gasteiger partial charge in [-0.3, -0.25) is 0 Å². The number of hydrogen-bond donors (Lipinski definition) is 1. The Labute approximate surface area is 109 Å². The second-order valence-corrected chi connectivity index (χ2v) is 5.02.